The first-order valence-electron chi connectivity index (χ1n) is 6.65. The van der Waals surface area contributed by atoms with Crippen molar-refractivity contribution in [1.82, 2.24) is 0 Å². The monoisotopic (exact) mass is 245 g/mol. The van der Waals surface area contributed by atoms with Crippen LogP contribution < -0.4 is 16.4 Å². The number of urea groups is 1. The molecule has 3 rings (SSSR count). The van der Waals surface area contributed by atoms with Gasteiger partial charge in [0.15, 0.2) is 0 Å². The smallest absolute Gasteiger partial charge is 0.316 e. The maximum atomic E-state index is 10.7. The standard InChI is InChI=1S/C14H19N3O/c15-14(18)17-12-7-5-11(6-8-12)16-13(9-1-2-9)10-3-4-10/h5-10,13,16H,1-4H2,(H3,15,17,18). The van der Waals surface area contributed by atoms with Gasteiger partial charge in [0.2, 0.25) is 0 Å². The van der Waals surface area contributed by atoms with E-state index >= 15 is 0 Å². The maximum absolute atomic E-state index is 10.7. The van der Waals surface area contributed by atoms with E-state index in [1.165, 1.54) is 25.7 Å². The Morgan fingerprint density at radius 3 is 2.00 bits per heavy atom. The average molecular weight is 245 g/mol. The summed E-state index contributed by atoms with van der Waals surface area (Å²) < 4.78 is 0. The first-order valence-corrected chi connectivity index (χ1v) is 6.65. The van der Waals surface area contributed by atoms with Crippen molar-refractivity contribution in [2.24, 2.45) is 17.6 Å². The molecular formula is C14H19N3O. The van der Waals surface area contributed by atoms with Crippen LogP contribution in [0.2, 0.25) is 0 Å². The molecule has 2 aliphatic carbocycles. The van der Waals surface area contributed by atoms with Crippen molar-refractivity contribution < 1.29 is 4.79 Å². The summed E-state index contributed by atoms with van der Waals surface area (Å²) in [5.74, 6) is 1.75. The van der Waals surface area contributed by atoms with E-state index in [-0.39, 0.29) is 0 Å². The number of benzene rings is 1. The van der Waals surface area contributed by atoms with Gasteiger partial charge in [-0.2, -0.15) is 0 Å². The van der Waals surface area contributed by atoms with Crippen LogP contribution in [0.3, 0.4) is 0 Å². The van der Waals surface area contributed by atoms with Crippen LogP contribution in [0.4, 0.5) is 16.2 Å². The molecule has 4 heteroatoms. The highest BCUT2D eigenvalue weighted by molar-refractivity contribution is 5.87. The SMILES string of the molecule is NC(=O)Nc1ccc(NC(C2CC2)C2CC2)cc1. The van der Waals surface area contributed by atoms with Crippen molar-refractivity contribution in [1.29, 1.82) is 0 Å². The molecule has 4 nitrogen and oxygen atoms in total. The van der Waals surface area contributed by atoms with Gasteiger partial charge in [0.1, 0.15) is 0 Å². The van der Waals surface area contributed by atoms with Crippen molar-refractivity contribution in [3.05, 3.63) is 24.3 Å². The Balaban J connectivity index is 1.63. The zero-order valence-corrected chi connectivity index (χ0v) is 10.4. The summed E-state index contributed by atoms with van der Waals surface area (Å²) in [6.07, 6.45) is 5.48. The summed E-state index contributed by atoms with van der Waals surface area (Å²) in [6, 6.07) is 7.89. The molecule has 2 fully saturated rings. The van der Waals surface area contributed by atoms with Gasteiger partial charge in [0.05, 0.1) is 0 Å². The average Bonchev–Trinajstić information content (AvgIpc) is 3.20. The van der Waals surface area contributed by atoms with Crippen LogP contribution in [0.15, 0.2) is 24.3 Å². The number of nitrogens with one attached hydrogen (secondary N) is 2. The lowest BCUT2D eigenvalue weighted by atomic mass is 10.1. The molecule has 0 atom stereocenters. The first kappa shape index (κ1) is 11.4. The topological polar surface area (TPSA) is 67.2 Å². The van der Waals surface area contributed by atoms with Crippen molar-refractivity contribution in [3.8, 4) is 0 Å². The van der Waals surface area contributed by atoms with Crippen LogP contribution >= 0.6 is 0 Å². The van der Waals surface area contributed by atoms with E-state index in [1.807, 2.05) is 24.3 Å². The predicted molar refractivity (Wildman–Crippen MR) is 72.5 cm³/mol. The van der Waals surface area contributed by atoms with Gasteiger partial charge in [-0.25, -0.2) is 4.79 Å². The zero-order chi connectivity index (χ0) is 12.5. The number of hydrogen-bond acceptors (Lipinski definition) is 2. The molecule has 0 saturated heterocycles. The Bertz CT molecular complexity index is 423. The number of anilines is 2. The Morgan fingerprint density at radius 1 is 1.06 bits per heavy atom. The van der Waals surface area contributed by atoms with Crippen molar-refractivity contribution >= 4 is 17.4 Å². The summed E-state index contributed by atoms with van der Waals surface area (Å²) in [7, 11) is 0. The number of amides is 2. The molecule has 2 aliphatic rings. The van der Waals surface area contributed by atoms with Gasteiger partial charge >= 0.3 is 6.03 Å². The Kier molecular flexibility index (Phi) is 2.86. The van der Waals surface area contributed by atoms with Gasteiger partial charge in [0.25, 0.3) is 0 Å². The van der Waals surface area contributed by atoms with Crippen LogP contribution in [0.25, 0.3) is 0 Å². The lowest BCUT2D eigenvalue weighted by Crippen LogP contribution is -2.24. The van der Waals surface area contributed by atoms with Crippen LogP contribution in [0.1, 0.15) is 25.7 Å². The molecule has 0 aliphatic heterocycles. The van der Waals surface area contributed by atoms with Crippen LogP contribution in [0, 0.1) is 11.8 Å². The van der Waals surface area contributed by atoms with Gasteiger partial charge in [-0.1, -0.05) is 0 Å². The lowest BCUT2D eigenvalue weighted by Gasteiger charge is -2.19. The largest absolute Gasteiger partial charge is 0.382 e. The zero-order valence-electron chi connectivity index (χ0n) is 10.4. The molecule has 1 aromatic rings. The fourth-order valence-electron chi connectivity index (χ4n) is 2.52. The summed E-state index contributed by atoms with van der Waals surface area (Å²) in [5, 5.41) is 6.21. The molecule has 0 radical (unpaired) electrons. The van der Waals surface area contributed by atoms with E-state index in [0.717, 1.165) is 23.2 Å². The second-order valence-corrected chi connectivity index (χ2v) is 5.41. The molecule has 4 N–H and O–H groups in total. The third kappa shape index (κ3) is 2.75. The van der Waals surface area contributed by atoms with Crippen LogP contribution in [-0.2, 0) is 0 Å². The molecule has 96 valence electrons. The Labute approximate surface area is 107 Å². The minimum atomic E-state index is -0.524. The van der Waals surface area contributed by atoms with Crippen molar-refractivity contribution in [2.45, 2.75) is 31.7 Å². The molecule has 0 bridgehead atoms. The van der Waals surface area contributed by atoms with Gasteiger partial charge in [-0.05, 0) is 61.8 Å². The summed E-state index contributed by atoms with van der Waals surface area (Å²) >= 11 is 0. The quantitative estimate of drug-likeness (QED) is 0.746. The molecular weight excluding hydrogens is 226 g/mol. The molecule has 2 saturated carbocycles. The first-order chi connectivity index (χ1) is 8.72. The van der Waals surface area contributed by atoms with E-state index in [0.29, 0.717) is 6.04 Å². The van der Waals surface area contributed by atoms with Gasteiger partial charge < -0.3 is 16.4 Å². The summed E-state index contributed by atoms with van der Waals surface area (Å²) in [5.41, 5.74) is 6.95. The fraction of sp³-hybridized carbons (Fsp3) is 0.500. The highest BCUT2D eigenvalue weighted by Crippen LogP contribution is 2.45. The van der Waals surface area contributed by atoms with E-state index < -0.39 is 6.03 Å². The lowest BCUT2D eigenvalue weighted by molar-refractivity contribution is 0.259. The third-order valence-electron chi connectivity index (χ3n) is 3.75. The number of carbonyl (C=O) groups excluding carboxylic acids is 1. The van der Waals surface area contributed by atoms with E-state index in [9.17, 15) is 4.79 Å². The molecule has 1 aromatic carbocycles. The highest BCUT2D eigenvalue weighted by atomic mass is 16.2. The molecule has 18 heavy (non-hydrogen) atoms. The van der Waals surface area contributed by atoms with Crippen LogP contribution in [0.5, 0.6) is 0 Å². The van der Waals surface area contributed by atoms with Crippen LogP contribution in [-0.4, -0.2) is 12.1 Å². The number of carbonyl (C=O) groups is 1. The molecule has 0 unspecified atom stereocenters. The van der Waals surface area contributed by atoms with Crippen molar-refractivity contribution in [3.63, 3.8) is 0 Å². The second kappa shape index (κ2) is 4.52. The molecule has 0 aromatic heterocycles. The molecule has 0 heterocycles. The van der Waals surface area contributed by atoms with E-state index in [2.05, 4.69) is 10.6 Å². The summed E-state index contributed by atoms with van der Waals surface area (Å²) in [4.78, 5) is 10.7. The summed E-state index contributed by atoms with van der Waals surface area (Å²) in [6.45, 7) is 0. The Morgan fingerprint density at radius 2 is 1.56 bits per heavy atom. The van der Waals surface area contributed by atoms with Gasteiger partial charge in [0, 0.05) is 17.4 Å². The molecule has 2 amide bonds. The van der Waals surface area contributed by atoms with E-state index in [4.69, 9.17) is 5.73 Å². The maximum Gasteiger partial charge on any atom is 0.316 e. The third-order valence-corrected chi connectivity index (χ3v) is 3.75. The number of rotatable bonds is 5. The highest BCUT2D eigenvalue weighted by Gasteiger charge is 2.41. The fourth-order valence-corrected chi connectivity index (χ4v) is 2.52. The number of nitrogens with two attached hydrogens (primary N) is 1. The minimum absolute atomic E-state index is 0.524. The Hall–Kier alpha value is -1.71. The van der Waals surface area contributed by atoms with E-state index in [1.54, 1.807) is 0 Å². The normalized spacial score (nSPS) is 18.7. The van der Waals surface area contributed by atoms with Gasteiger partial charge in [-0.15, -0.1) is 0 Å². The van der Waals surface area contributed by atoms with Crippen molar-refractivity contribution in [2.75, 3.05) is 10.6 Å². The number of primary amides is 1. The second-order valence-electron chi connectivity index (χ2n) is 5.41. The minimum Gasteiger partial charge on any atom is -0.382 e. The predicted octanol–water partition coefficient (Wildman–Crippen LogP) is 2.78. The van der Waals surface area contributed by atoms with Gasteiger partial charge in [-0.3, -0.25) is 0 Å². The molecule has 0 spiro atoms. The number of hydrogen-bond donors (Lipinski definition) is 3.